The van der Waals surface area contributed by atoms with Gasteiger partial charge in [0.15, 0.2) is 23.0 Å². The van der Waals surface area contributed by atoms with Crippen LogP contribution in [0.25, 0.3) is 77.8 Å². The fourth-order valence-corrected chi connectivity index (χ4v) is 5.84. The van der Waals surface area contributed by atoms with Crippen molar-refractivity contribution in [1.29, 1.82) is 0 Å². The number of halogens is 3. The molecule has 0 amide bonds. The number of rotatable bonds is 5. The number of aromatic nitrogens is 1. The Bertz CT molecular complexity index is 2320. The van der Waals surface area contributed by atoms with Gasteiger partial charge in [-0.05, 0) is 104 Å². The van der Waals surface area contributed by atoms with E-state index in [0.717, 1.165) is 72.9 Å². The molecular formula is C41H24F3NO. The third-order valence-electron chi connectivity index (χ3n) is 8.35. The van der Waals surface area contributed by atoms with Gasteiger partial charge in [-0.25, -0.2) is 18.2 Å². The van der Waals surface area contributed by atoms with Crippen LogP contribution in [0.1, 0.15) is 0 Å². The highest BCUT2D eigenvalue weighted by Gasteiger charge is 2.12. The summed E-state index contributed by atoms with van der Waals surface area (Å²) < 4.78 is 46.7. The standard InChI is InChI=1S/C41H24F3NO/c42-36-23-35(24-37(43)40(36)44)29-11-7-26(8-12-29)25-5-9-27(10-6-25)31-17-19-34-22-32(18-20-33(34)21-31)28-13-15-30(16-14-28)41-45-38-3-1-2-4-39(38)46-41/h1-24H. The second-order valence-electron chi connectivity index (χ2n) is 11.2. The van der Waals surface area contributed by atoms with E-state index in [1.807, 2.05) is 48.5 Å². The molecule has 0 spiro atoms. The Hall–Kier alpha value is -5.94. The lowest BCUT2D eigenvalue weighted by Crippen LogP contribution is -1.91. The monoisotopic (exact) mass is 603 g/mol. The summed E-state index contributed by atoms with van der Waals surface area (Å²) in [6.07, 6.45) is 0. The highest BCUT2D eigenvalue weighted by atomic mass is 19.2. The zero-order chi connectivity index (χ0) is 31.2. The van der Waals surface area contributed by atoms with E-state index >= 15 is 0 Å². The molecule has 1 aromatic heterocycles. The number of oxazole rings is 1. The van der Waals surface area contributed by atoms with Crippen LogP contribution in [0.4, 0.5) is 13.2 Å². The normalized spacial score (nSPS) is 11.4. The summed E-state index contributed by atoms with van der Waals surface area (Å²) in [6.45, 7) is 0. The van der Waals surface area contributed by atoms with Crippen LogP contribution in [0, 0.1) is 17.5 Å². The number of hydrogen-bond acceptors (Lipinski definition) is 2. The summed E-state index contributed by atoms with van der Waals surface area (Å²) in [6, 6.07) is 46.6. The number of para-hydroxylation sites is 2. The van der Waals surface area contributed by atoms with Gasteiger partial charge >= 0.3 is 0 Å². The molecule has 0 saturated heterocycles. The van der Waals surface area contributed by atoms with Gasteiger partial charge in [0, 0.05) is 5.56 Å². The molecule has 0 unspecified atom stereocenters. The van der Waals surface area contributed by atoms with Crippen LogP contribution in [-0.4, -0.2) is 4.98 Å². The van der Waals surface area contributed by atoms with Crippen LogP contribution in [0.3, 0.4) is 0 Å². The van der Waals surface area contributed by atoms with Gasteiger partial charge in [-0.3, -0.25) is 0 Å². The maximum absolute atomic E-state index is 13.7. The van der Waals surface area contributed by atoms with Crippen molar-refractivity contribution < 1.29 is 17.6 Å². The van der Waals surface area contributed by atoms with Crippen molar-refractivity contribution in [3.05, 3.63) is 163 Å². The molecule has 7 aromatic carbocycles. The van der Waals surface area contributed by atoms with Gasteiger partial charge in [-0.1, -0.05) is 97.1 Å². The molecule has 0 aliphatic carbocycles. The van der Waals surface area contributed by atoms with Crippen molar-refractivity contribution in [2.24, 2.45) is 0 Å². The van der Waals surface area contributed by atoms with E-state index in [9.17, 15) is 13.2 Å². The predicted molar refractivity (Wildman–Crippen MR) is 179 cm³/mol. The van der Waals surface area contributed by atoms with Gasteiger partial charge in [0.1, 0.15) is 5.52 Å². The van der Waals surface area contributed by atoms with E-state index in [0.29, 0.717) is 11.5 Å². The van der Waals surface area contributed by atoms with Crippen LogP contribution in [-0.2, 0) is 0 Å². The molecule has 0 bridgehead atoms. The molecule has 8 aromatic rings. The van der Waals surface area contributed by atoms with Gasteiger partial charge in [0.05, 0.1) is 0 Å². The quantitative estimate of drug-likeness (QED) is 0.183. The summed E-state index contributed by atoms with van der Waals surface area (Å²) in [5, 5.41) is 2.31. The van der Waals surface area contributed by atoms with Crippen LogP contribution in [0.5, 0.6) is 0 Å². The minimum Gasteiger partial charge on any atom is -0.436 e. The zero-order valence-electron chi connectivity index (χ0n) is 24.3. The fourth-order valence-electron chi connectivity index (χ4n) is 5.84. The summed E-state index contributed by atoms with van der Waals surface area (Å²) in [5.41, 5.74) is 9.90. The van der Waals surface area contributed by atoms with E-state index in [4.69, 9.17) is 4.42 Å². The molecule has 1 heterocycles. The molecule has 0 aliphatic heterocycles. The van der Waals surface area contributed by atoms with Crippen molar-refractivity contribution in [3.8, 4) is 56.0 Å². The maximum Gasteiger partial charge on any atom is 0.227 e. The van der Waals surface area contributed by atoms with Crippen molar-refractivity contribution in [2.45, 2.75) is 0 Å². The Morgan fingerprint density at radius 2 is 0.804 bits per heavy atom. The van der Waals surface area contributed by atoms with E-state index in [-0.39, 0.29) is 5.56 Å². The molecule has 46 heavy (non-hydrogen) atoms. The van der Waals surface area contributed by atoms with E-state index < -0.39 is 17.5 Å². The summed E-state index contributed by atoms with van der Waals surface area (Å²) in [5.74, 6) is -3.25. The third-order valence-corrected chi connectivity index (χ3v) is 8.35. The Morgan fingerprint density at radius 1 is 0.391 bits per heavy atom. The van der Waals surface area contributed by atoms with Gasteiger partial charge in [0.25, 0.3) is 0 Å². The fraction of sp³-hybridized carbons (Fsp3) is 0. The lowest BCUT2D eigenvalue weighted by molar-refractivity contribution is 0.448. The van der Waals surface area contributed by atoms with Gasteiger partial charge in [-0.15, -0.1) is 0 Å². The van der Waals surface area contributed by atoms with Crippen LogP contribution in [0.15, 0.2) is 150 Å². The summed E-state index contributed by atoms with van der Waals surface area (Å²) in [7, 11) is 0. The molecule has 2 nitrogen and oxygen atoms in total. The Labute approximate surface area is 263 Å². The molecule has 0 aliphatic rings. The van der Waals surface area contributed by atoms with Gasteiger partial charge in [-0.2, -0.15) is 0 Å². The molecule has 8 rings (SSSR count). The molecule has 0 saturated carbocycles. The van der Waals surface area contributed by atoms with Crippen LogP contribution >= 0.6 is 0 Å². The number of fused-ring (bicyclic) bond motifs is 2. The first-order valence-corrected chi connectivity index (χ1v) is 14.8. The highest BCUT2D eigenvalue weighted by Crippen LogP contribution is 2.32. The topological polar surface area (TPSA) is 26.0 Å². The Kier molecular flexibility index (Phi) is 6.72. The minimum atomic E-state index is -1.46. The second-order valence-corrected chi connectivity index (χ2v) is 11.2. The van der Waals surface area contributed by atoms with Crippen molar-refractivity contribution in [1.82, 2.24) is 4.98 Å². The average Bonchev–Trinajstić information content (AvgIpc) is 3.55. The van der Waals surface area contributed by atoms with Crippen molar-refractivity contribution in [3.63, 3.8) is 0 Å². The van der Waals surface area contributed by atoms with Crippen LogP contribution in [0.2, 0.25) is 0 Å². The smallest absolute Gasteiger partial charge is 0.227 e. The Balaban J connectivity index is 0.998. The first-order valence-electron chi connectivity index (χ1n) is 14.8. The second kappa shape index (κ2) is 11.2. The third kappa shape index (κ3) is 5.12. The van der Waals surface area contributed by atoms with Crippen LogP contribution < -0.4 is 0 Å². The van der Waals surface area contributed by atoms with Gasteiger partial charge < -0.3 is 4.42 Å². The molecular weight excluding hydrogens is 579 g/mol. The molecule has 5 heteroatoms. The van der Waals surface area contributed by atoms with Crippen molar-refractivity contribution >= 4 is 21.9 Å². The molecule has 0 atom stereocenters. The lowest BCUT2D eigenvalue weighted by atomic mass is 9.95. The molecule has 0 N–H and O–H groups in total. The predicted octanol–water partition coefficient (Wildman–Crippen LogP) is 11.7. The number of hydrogen-bond donors (Lipinski definition) is 0. The average molecular weight is 604 g/mol. The molecule has 220 valence electrons. The molecule has 0 radical (unpaired) electrons. The number of nitrogens with zero attached hydrogens (tertiary/aromatic N) is 1. The minimum absolute atomic E-state index is 0.288. The largest absolute Gasteiger partial charge is 0.436 e. The van der Waals surface area contributed by atoms with E-state index in [1.165, 1.54) is 0 Å². The first-order chi connectivity index (χ1) is 22.5. The number of benzene rings is 7. The first kappa shape index (κ1) is 27.6. The lowest BCUT2D eigenvalue weighted by Gasteiger charge is -2.09. The van der Waals surface area contributed by atoms with Crippen molar-refractivity contribution in [2.75, 3.05) is 0 Å². The zero-order valence-corrected chi connectivity index (χ0v) is 24.3. The van der Waals surface area contributed by atoms with E-state index in [2.05, 4.69) is 77.8 Å². The summed E-state index contributed by atoms with van der Waals surface area (Å²) in [4.78, 5) is 4.60. The maximum atomic E-state index is 13.7. The van der Waals surface area contributed by atoms with E-state index in [1.54, 1.807) is 12.1 Å². The SMILES string of the molecule is Fc1cc(-c2ccc(-c3ccc(-c4ccc5cc(-c6ccc(-c7nc8ccccc8o7)cc6)ccc5c4)cc3)cc2)cc(F)c1F. The molecule has 0 fully saturated rings. The Morgan fingerprint density at radius 3 is 1.30 bits per heavy atom. The highest BCUT2D eigenvalue weighted by molar-refractivity contribution is 5.91. The van der Waals surface area contributed by atoms with Gasteiger partial charge in [0.2, 0.25) is 5.89 Å². The summed E-state index contributed by atoms with van der Waals surface area (Å²) >= 11 is 0.